The number of carbonyl (C=O) groups excluding carboxylic acids is 1. The van der Waals surface area contributed by atoms with Gasteiger partial charge in [0.2, 0.25) is 0 Å². The van der Waals surface area contributed by atoms with Gasteiger partial charge in [-0.1, -0.05) is 36.8 Å². The molecular formula is C19H29N3O2. The zero-order valence-electron chi connectivity index (χ0n) is 14.4. The van der Waals surface area contributed by atoms with Gasteiger partial charge < -0.3 is 20.3 Å². The number of hydrogen-bond donors (Lipinski definition) is 2. The molecule has 2 N–H and O–H groups in total. The van der Waals surface area contributed by atoms with E-state index in [1.807, 2.05) is 30.3 Å². The van der Waals surface area contributed by atoms with Crippen molar-refractivity contribution in [3.8, 4) is 0 Å². The number of rotatable bonds is 7. The molecule has 1 aliphatic carbocycles. The standard InChI is InChI=1S/C19H29N3O2/c23-19(24-15-16-7-3-1-4-8-16)21-18-13-17(14-18)20-9-12-22-10-5-2-6-11-22/h1,3-4,7-8,17-18,20H,2,5-6,9-15H2,(H,21,23). The fourth-order valence-electron chi connectivity index (χ4n) is 3.44. The molecule has 0 spiro atoms. The van der Waals surface area contributed by atoms with Crippen molar-refractivity contribution in [2.75, 3.05) is 26.2 Å². The van der Waals surface area contributed by atoms with Crippen molar-refractivity contribution in [3.63, 3.8) is 0 Å². The normalized spacial score (nSPS) is 24.2. The summed E-state index contributed by atoms with van der Waals surface area (Å²) in [5.41, 5.74) is 1.01. The Balaban J connectivity index is 1.22. The zero-order valence-corrected chi connectivity index (χ0v) is 14.4. The van der Waals surface area contributed by atoms with Gasteiger partial charge in [-0.3, -0.25) is 0 Å². The van der Waals surface area contributed by atoms with Crippen molar-refractivity contribution in [2.24, 2.45) is 0 Å². The van der Waals surface area contributed by atoms with E-state index >= 15 is 0 Å². The molecule has 2 aliphatic rings. The van der Waals surface area contributed by atoms with Crippen LogP contribution in [0, 0.1) is 0 Å². The number of carbonyl (C=O) groups is 1. The molecule has 1 heterocycles. The zero-order chi connectivity index (χ0) is 16.6. The summed E-state index contributed by atoms with van der Waals surface area (Å²) < 4.78 is 5.25. The van der Waals surface area contributed by atoms with E-state index in [-0.39, 0.29) is 12.1 Å². The minimum absolute atomic E-state index is 0.251. The first-order valence-corrected chi connectivity index (χ1v) is 9.22. The summed E-state index contributed by atoms with van der Waals surface area (Å²) in [6.07, 6.45) is 5.78. The summed E-state index contributed by atoms with van der Waals surface area (Å²) in [5, 5.41) is 6.54. The van der Waals surface area contributed by atoms with Crippen LogP contribution in [0.15, 0.2) is 30.3 Å². The summed E-state index contributed by atoms with van der Waals surface area (Å²) in [7, 11) is 0. The lowest BCUT2D eigenvalue weighted by Gasteiger charge is -2.37. The highest BCUT2D eigenvalue weighted by molar-refractivity contribution is 5.67. The van der Waals surface area contributed by atoms with Gasteiger partial charge in [0.1, 0.15) is 6.61 Å². The van der Waals surface area contributed by atoms with Gasteiger partial charge in [-0.2, -0.15) is 0 Å². The van der Waals surface area contributed by atoms with Gasteiger partial charge in [0.15, 0.2) is 0 Å². The Bertz CT molecular complexity index is 497. The lowest BCUT2D eigenvalue weighted by Crippen LogP contribution is -2.53. The number of ether oxygens (including phenoxy) is 1. The van der Waals surface area contributed by atoms with E-state index in [0.29, 0.717) is 12.6 Å². The predicted molar refractivity (Wildman–Crippen MR) is 94.9 cm³/mol. The topological polar surface area (TPSA) is 53.6 Å². The number of amides is 1. The number of alkyl carbamates (subject to hydrolysis) is 1. The molecule has 0 radical (unpaired) electrons. The fraction of sp³-hybridized carbons (Fsp3) is 0.632. The molecule has 2 fully saturated rings. The number of piperidine rings is 1. The first-order chi connectivity index (χ1) is 11.8. The smallest absolute Gasteiger partial charge is 0.407 e. The first-order valence-electron chi connectivity index (χ1n) is 9.22. The summed E-state index contributed by atoms with van der Waals surface area (Å²) in [6, 6.07) is 10.6. The molecule has 1 amide bonds. The van der Waals surface area contributed by atoms with Crippen LogP contribution in [0.3, 0.4) is 0 Å². The molecule has 0 atom stereocenters. The van der Waals surface area contributed by atoms with Crippen molar-refractivity contribution in [1.82, 2.24) is 15.5 Å². The monoisotopic (exact) mass is 331 g/mol. The largest absolute Gasteiger partial charge is 0.445 e. The van der Waals surface area contributed by atoms with Crippen molar-refractivity contribution in [2.45, 2.75) is 50.8 Å². The van der Waals surface area contributed by atoms with Crippen molar-refractivity contribution in [1.29, 1.82) is 0 Å². The SMILES string of the molecule is O=C(NC1CC(NCCN2CCCCC2)C1)OCc1ccccc1. The fourth-order valence-corrected chi connectivity index (χ4v) is 3.44. The molecule has 5 nitrogen and oxygen atoms in total. The van der Waals surface area contributed by atoms with E-state index in [1.54, 1.807) is 0 Å². The number of likely N-dealkylation sites (tertiary alicyclic amines) is 1. The second-order valence-electron chi connectivity index (χ2n) is 6.93. The Morgan fingerprint density at radius 1 is 1.08 bits per heavy atom. The second kappa shape index (κ2) is 9.04. The molecular weight excluding hydrogens is 302 g/mol. The van der Waals surface area contributed by atoms with Crippen LogP contribution in [-0.4, -0.2) is 49.3 Å². The number of hydrogen-bond acceptors (Lipinski definition) is 4. The Morgan fingerprint density at radius 3 is 2.58 bits per heavy atom. The average molecular weight is 331 g/mol. The molecule has 1 saturated heterocycles. The van der Waals surface area contributed by atoms with E-state index in [4.69, 9.17) is 4.74 Å². The van der Waals surface area contributed by atoms with Crippen LogP contribution in [0.4, 0.5) is 4.79 Å². The van der Waals surface area contributed by atoms with Gasteiger partial charge in [-0.05, 0) is 44.3 Å². The number of nitrogens with one attached hydrogen (secondary N) is 2. The highest BCUT2D eigenvalue weighted by atomic mass is 16.5. The van der Waals surface area contributed by atoms with Crippen molar-refractivity contribution >= 4 is 6.09 Å². The van der Waals surface area contributed by atoms with Crippen LogP contribution in [0.5, 0.6) is 0 Å². The lowest BCUT2D eigenvalue weighted by atomic mass is 9.87. The van der Waals surface area contributed by atoms with Crippen molar-refractivity contribution < 1.29 is 9.53 Å². The summed E-state index contributed by atoms with van der Waals surface area (Å²) >= 11 is 0. The molecule has 132 valence electrons. The summed E-state index contributed by atoms with van der Waals surface area (Å²) in [5.74, 6) is 0. The van der Waals surface area contributed by atoms with Gasteiger partial charge in [0, 0.05) is 25.2 Å². The Labute approximate surface area is 144 Å². The van der Waals surface area contributed by atoms with Crippen molar-refractivity contribution in [3.05, 3.63) is 35.9 Å². The minimum atomic E-state index is -0.310. The highest BCUT2D eigenvalue weighted by Gasteiger charge is 2.30. The molecule has 0 bridgehead atoms. The molecule has 1 aromatic rings. The Hall–Kier alpha value is -1.59. The Kier molecular flexibility index (Phi) is 6.49. The molecule has 1 aromatic carbocycles. The third kappa shape index (κ3) is 5.49. The maximum Gasteiger partial charge on any atom is 0.407 e. The van der Waals surface area contributed by atoms with Gasteiger partial charge in [-0.25, -0.2) is 4.79 Å². The van der Waals surface area contributed by atoms with E-state index < -0.39 is 0 Å². The maximum absolute atomic E-state index is 11.8. The number of nitrogens with zero attached hydrogens (tertiary/aromatic N) is 1. The molecule has 0 unspecified atom stereocenters. The van der Waals surface area contributed by atoms with E-state index in [2.05, 4.69) is 15.5 Å². The van der Waals surface area contributed by atoms with Gasteiger partial charge in [0.05, 0.1) is 0 Å². The van der Waals surface area contributed by atoms with Crippen LogP contribution >= 0.6 is 0 Å². The molecule has 3 rings (SSSR count). The van der Waals surface area contributed by atoms with Crippen LogP contribution in [-0.2, 0) is 11.3 Å². The molecule has 24 heavy (non-hydrogen) atoms. The minimum Gasteiger partial charge on any atom is -0.445 e. The van der Waals surface area contributed by atoms with E-state index in [9.17, 15) is 4.79 Å². The molecule has 1 saturated carbocycles. The Morgan fingerprint density at radius 2 is 1.83 bits per heavy atom. The van der Waals surface area contributed by atoms with Crippen LogP contribution in [0.2, 0.25) is 0 Å². The lowest BCUT2D eigenvalue weighted by molar-refractivity contribution is 0.125. The van der Waals surface area contributed by atoms with Gasteiger partial charge in [0.25, 0.3) is 0 Å². The highest BCUT2D eigenvalue weighted by Crippen LogP contribution is 2.20. The van der Waals surface area contributed by atoms with Crippen LogP contribution in [0.1, 0.15) is 37.7 Å². The van der Waals surface area contributed by atoms with Gasteiger partial charge >= 0.3 is 6.09 Å². The first kappa shape index (κ1) is 17.2. The molecule has 1 aliphatic heterocycles. The second-order valence-corrected chi connectivity index (χ2v) is 6.93. The quantitative estimate of drug-likeness (QED) is 0.806. The average Bonchev–Trinajstić information content (AvgIpc) is 2.59. The van der Waals surface area contributed by atoms with Crippen LogP contribution < -0.4 is 10.6 Å². The van der Waals surface area contributed by atoms with E-state index in [0.717, 1.165) is 31.5 Å². The third-order valence-corrected chi connectivity index (χ3v) is 4.98. The summed E-state index contributed by atoms with van der Waals surface area (Å²) in [6.45, 7) is 5.04. The van der Waals surface area contributed by atoms with E-state index in [1.165, 1.54) is 32.4 Å². The number of benzene rings is 1. The molecule has 0 aromatic heterocycles. The predicted octanol–water partition coefficient (Wildman–Crippen LogP) is 2.52. The molecule has 5 heteroatoms. The third-order valence-electron chi connectivity index (χ3n) is 4.98. The van der Waals surface area contributed by atoms with Crippen LogP contribution in [0.25, 0.3) is 0 Å². The summed E-state index contributed by atoms with van der Waals surface area (Å²) in [4.78, 5) is 14.3. The van der Waals surface area contributed by atoms with Gasteiger partial charge in [-0.15, -0.1) is 0 Å². The maximum atomic E-state index is 11.8.